The molecule has 0 aromatic heterocycles. The Morgan fingerprint density at radius 1 is 1.03 bits per heavy atom. The molecule has 2 aliphatic rings. The lowest BCUT2D eigenvalue weighted by atomic mass is 9.78. The van der Waals surface area contributed by atoms with Crippen molar-refractivity contribution in [2.45, 2.75) is 37.1 Å². The lowest BCUT2D eigenvalue weighted by Crippen LogP contribution is -2.54. The van der Waals surface area contributed by atoms with E-state index in [1.807, 2.05) is 25.1 Å². The summed E-state index contributed by atoms with van der Waals surface area (Å²) < 4.78 is 5.85. The van der Waals surface area contributed by atoms with Crippen molar-refractivity contribution in [3.63, 3.8) is 0 Å². The number of hydrogen-bond donors (Lipinski definition) is 2. The van der Waals surface area contributed by atoms with Crippen molar-refractivity contribution in [2.24, 2.45) is 0 Å². The molecule has 5 rings (SSSR count). The third kappa shape index (κ3) is 3.83. The lowest BCUT2D eigenvalue weighted by Gasteiger charge is -2.25. The van der Waals surface area contributed by atoms with Crippen LogP contribution in [-0.4, -0.2) is 22.9 Å². The van der Waals surface area contributed by atoms with Crippen LogP contribution < -0.4 is 15.4 Å². The van der Waals surface area contributed by atoms with Crippen molar-refractivity contribution in [2.75, 3.05) is 5.32 Å². The van der Waals surface area contributed by atoms with Gasteiger partial charge in [0.05, 0.1) is 16.0 Å². The van der Waals surface area contributed by atoms with Gasteiger partial charge in [-0.05, 0) is 36.8 Å². The molecular weight excluding hydrogens is 513 g/mol. The summed E-state index contributed by atoms with van der Waals surface area (Å²) in [5.74, 6) is -0.881. The van der Waals surface area contributed by atoms with E-state index < -0.39 is 34.4 Å². The quantitative estimate of drug-likeness (QED) is 0.320. The highest BCUT2D eigenvalue weighted by Gasteiger charge is 2.67. The number of nitrogens with zero attached hydrogens (tertiary/aromatic N) is 1. The first kappa shape index (κ1) is 23.9. The molecule has 2 heterocycles. The van der Waals surface area contributed by atoms with Gasteiger partial charge in [0, 0.05) is 32.8 Å². The first-order chi connectivity index (χ1) is 16.7. The number of hydrogen-bond acceptors (Lipinski definition) is 5. The highest BCUT2D eigenvalue weighted by Crippen LogP contribution is 2.50. The Balaban J connectivity index is 1.52. The van der Waals surface area contributed by atoms with Crippen LogP contribution in [0.3, 0.4) is 0 Å². The molecule has 2 aliphatic heterocycles. The van der Waals surface area contributed by atoms with E-state index in [0.29, 0.717) is 21.8 Å². The molecule has 3 aromatic rings. The Bertz CT molecular complexity index is 1330. The first-order valence-electron chi connectivity index (χ1n) is 10.9. The molecule has 10 heteroatoms. The number of anilines is 1. The minimum absolute atomic E-state index is 0.150. The summed E-state index contributed by atoms with van der Waals surface area (Å²) in [7, 11) is 0. The number of halogens is 3. The Morgan fingerprint density at radius 3 is 2.37 bits per heavy atom. The van der Waals surface area contributed by atoms with Gasteiger partial charge in [-0.3, -0.25) is 20.2 Å². The van der Waals surface area contributed by atoms with Gasteiger partial charge in [0.25, 0.3) is 11.9 Å². The lowest BCUT2D eigenvalue weighted by molar-refractivity contribution is -0.532. The number of benzene rings is 3. The fourth-order valence-electron chi connectivity index (χ4n) is 5.23. The van der Waals surface area contributed by atoms with E-state index in [0.717, 1.165) is 5.56 Å². The fourth-order valence-corrected chi connectivity index (χ4v) is 6.03. The fraction of sp³-hybridized carbons (Fsp3) is 0.240. The zero-order valence-electron chi connectivity index (χ0n) is 18.4. The number of nitro groups is 1. The first-order valence-corrected chi connectivity index (χ1v) is 12.0. The molecule has 1 fully saturated rings. The van der Waals surface area contributed by atoms with Gasteiger partial charge in [-0.15, -0.1) is 0 Å². The van der Waals surface area contributed by atoms with E-state index >= 15 is 0 Å². The van der Waals surface area contributed by atoms with Gasteiger partial charge in [0.15, 0.2) is 11.3 Å². The van der Waals surface area contributed by atoms with Gasteiger partial charge >= 0.3 is 0 Å². The van der Waals surface area contributed by atoms with Crippen molar-refractivity contribution in [1.82, 2.24) is 5.32 Å². The zero-order chi connectivity index (χ0) is 24.9. The predicted molar refractivity (Wildman–Crippen MR) is 135 cm³/mol. The maximum absolute atomic E-state index is 13.2. The molecule has 0 aliphatic carbocycles. The largest absolute Gasteiger partial charge is 0.486 e. The normalized spacial score (nSPS) is 24.9. The van der Waals surface area contributed by atoms with Gasteiger partial charge in [-0.2, -0.15) is 0 Å². The van der Waals surface area contributed by atoms with Gasteiger partial charge in [-0.25, -0.2) is 0 Å². The van der Waals surface area contributed by atoms with Gasteiger partial charge < -0.3 is 10.1 Å². The number of nitrogens with one attached hydrogen (secondary N) is 2. The molecule has 0 saturated carbocycles. The number of carbonyl (C=O) groups excluding carboxylic acids is 1. The van der Waals surface area contributed by atoms with Crippen molar-refractivity contribution in [1.29, 1.82) is 0 Å². The van der Waals surface area contributed by atoms with Crippen LogP contribution in [0.2, 0.25) is 15.1 Å². The molecule has 1 amide bonds. The Kier molecular flexibility index (Phi) is 6.13. The summed E-state index contributed by atoms with van der Waals surface area (Å²) in [6.07, 6.45) is 0. The number of carbonyl (C=O) groups is 1. The van der Waals surface area contributed by atoms with Crippen molar-refractivity contribution < 1.29 is 14.5 Å². The summed E-state index contributed by atoms with van der Waals surface area (Å²) in [5, 5.41) is 19.5. The van der Waals surface area contributed by atoms with Crippen LogP contribution in [0.25, 0.3) is 0 Å². The minimum Gasteiger partial charge on any atom is -0.486 e. The zero-order valence-corrected chi connectivity index (χ0v) is 20.7. The molecule has 35 heavy (non-hydrogen) atoms. The Labute approximate surface area is 216 Å². The summed E-state index contributed by atoms with van der Waals surface area (Å²) in [6, 6.07) is 15.8. The summed E-state index contributed by atoms with van der Waals surface area (Å²) in [4.78, 5) is 25.2. The second kappa shape index (κ2) is 8.99. The van der Waals surface area contributed by atoms with Crippen LogP contribution >= 0.6 is 34.8 Å². The predicted octanol–water partition coefficient (Wildman–Crippen LogP) is 5.79. The number of rotatable bonds is 5. The van der Waals surface area contributed by atoms with E-state index in [1.54, 1.807) is 42.5 Å². The van der Waals surface area contributed by atoms with Crippen LogP contribution in [0.1, 0.15) is 29.5 Å². The molecule has 1 saturated heterocycles. The van der Waals surface area contributed by atoms with Crippen molar-refractivity contribution >= 4 is 46.4 Å². The minimum atomic E-state index is -1.51. The van der Waals surface area contributed by atoms with Gasteiger partial charge in [-0.1, -0.05) is 71.2 Å². The number of ether oxygens (including phenoxy) is 1. The molecule has 0 radical (unpaired) electrons. The topological polar surface area (TPSA) is 93.5 Å². The second-order valence-electron chi connectivity index (χ2n) is 8.69. The van der Waals surface area contributed by atoms with E-state index in [9.17, 15) is 14.9 Å². The van der Waals surface area contributed by atoms with Crippen LogP contribution in [0.5, 0.6) is 5.75 Å². The molecule has 0 unspecified atom stereocenters. The monoisotopic (exact) mass is 531 g/mol. The molecule has 4 atom stereocenters. The maximum Gasteiger partial charge on any atom is 0.256 e. The maximum atomic E-state index is 13.2. The van der Waals surface area contributed by atoms with Crippen LogP contribution in [-0.2, 0) is 16.9 Å². The van der Waals surface area contributed by atoms with E-state index in [-0.39, 0.29) is 22.4 Å². The standard InChI is InChI=1S/C25H20Cl3N3O4/c1-13-21(23(31(33)34)25(30-13)16-7-3-5-9-20(16)29-24(25)32)15-10-18(27)22(19(28)11-15)35-12-14-6-2-4-8-17(14)26/h2-11,13,21,23,30H,12H2,1H3,(H,29,32)/t13-,21+,23+,25-/m0/s1. The highest BCUT2D eigenvalue weighted by molar-refractivity contribution is 6.37. The highest BCUT2D eigenvalue weighted by atomic mass is 35.5. The number of fused-ring (bicyclic) bond motifs is 2. The average molecular weight is 533 g/mol. The van der Waals surface area contributed by atoms with E-state index in [2.05, 4.69) is 10.6 Å². The van der Waals surface area contributed by atoms with Crippen LogP contribution in [0.15, 0.2) is 60.7 Å². The van der Waals surface area contributed by atoms with Gasteiger partial charge in [0.2, 0.25) is 0 Å². The number of para-hydroxylation sites is 1. The molecule has 180 valence electrons. The number of amides is 1. The third-order valence-corrected chi connectivity index (χ3v) is 7.63. The third-order valence-electron chi connectivity index (χ3n) is 6.70. The molecule has 3 aromatic carbocycles. The molecule has 2 N–H and O–H groups in total. The summed E-state index contributed by atoms with van der Waals surface area (Å²) >= 11 is 19.3. The smallest absolute Gasteiger partial charge is 0.256 e. The molecule has 0 bridgehead atoms. The SMILES string of the molecule is C[C@@H]1N[C@]2(C(=O)Nc3ccccc32)[C@H]([N+](=O)[O-])[C@H]1c1cc(Cl)c(OCc2ccccc2Cl)c(Cl)c1. The van der Waals surface area contributed by atoms with Crippen LogP contribution in [0.4, 0.5) is 5.69 Å². The van der Waals surface area contributed by atoms with E-state index in [1.165, 1.54) is 0 Å². The van der Waals surface area contributed by atoms with Crippen molar-refractivity contribution in [3.8, 4) is 5.75 Å². The van der Waals surface area contributed by atoms with E-state index in [4.69, 9.17) is 39.5 Å². The van der Waals surface area contributed by atoms with Crippen LogP contribution in [0, 0.1) is 10.1 Å². The molecule has 7 nitrogen and oxygen atoms in total. The summed E-state index contributed by atoms with van der Waals surface area (Å²) in [5.41, 5.74) is 0.908. The summed E-state index contributed by atoms with van der Waals surface area (Å²) in [6.45, 7) is 1.96. The van der Waals surface area contributed by atoms with Crippen molar-refractivity contribution in [3.05, 3.63) is 103 Å². The molecular formula is C25H20Cl3N3O4. The second-order valence-corrected chi connectivity index (χ2v) is 9.91. The van der Waals surface area contributed by atoms with Gasteiger partial charge in [0.1, 0.15) is 6.61 Å². The molecule has 1 spiro atoms. The Hall–Kier alpha value is -2.84. The average Bonchev–Trinajstić information content (AvgIpc) is 3.28. The Morgan fingerprint density at radius 2 is 1.69 bits per heavy atom.